The van der Waals surface area contributed by atoms with E-state index in [1.807, 2.05) is 0 Å². The van der Waals surface area contributed by atoms with E-state index in [2.05, 4.69) is 14.5 Å². The fraction of sp³-hybridized carbons (Fsp3) is 0.400. The van der Waals surface area contributed by atoms with Crippen molar-refractivity contribution in [2.75, 3.05) is 30.0 Å². The van der Waals surface area contributed by atoms with Crippen LogP contribution >= 0.6 is 0 Å². The highest BCUT2D eigenvalue weighted by Crippen LogP contribution is 2.39. The van der Waals surface area contributed by atoms with Crippen LogP contribution in [0.3, 0.4) is 0 Å². The van der Waals surface area contributed by atoms with E-state index in [1.54, 1.807) is 24.0 Å². The van der Waals surface area contributed by atoms with E-state index in [0.717, 1.165) is 18.2 Å². The highest BCUT2D eigenvalue weighted by atomic mass is 19.3. The molecule has 2 N–H and O–H groups in total. The molecule has 1 aliphatic heterocycles. The number of halogens is 5. The number of aromatic nitrogens is 1. The number of rotatable bonds is 10. The van der Waals surface area contributed by atoms with E-state index in [1.165, 1.54) is 44.1 Å². The number of nitrogens with zero attached hydrogens (tertiary/aromatic N) is 3. The summed E-state index contributed by atoms with van der Waals surface area (Å²) in [6, 6.07) is 8.62. The molecule has 1 fully saturated rings. The van der Waals surface area contributed by atoms with Gasteiger partial charge in [-0.1, -0.05) is 6.07 Å². The third kappa shape index (κ3) is 6.99. The quantitative estimate of drug-likeness (QED) is 0.303. The zero-order valence-electron chi connectivity index (χ0n) is 23.9. The standard InChI is InChI=1S/C30H32F5N3O5/c1-16-7-18(31)5-6-23(16)24-12-26(38-14-20(40)10-19(38)15-39)36-13-25(24)37(4)27(41)30(2,3)17-8-21(42-28(32)33)11-22(9-17)43-29(34)35/h5-9,11-13,19-20,28-29,39-40H,10,14-15H2,1-4H3/t19-,20+/m0/s1. The number of hydrogen-bond acceptors (Lipinski definition) is 7. The Balaban J connectivity index is 1.79. The van der Waals surface area contributed by atoms with Gasteiger partial charge in [0.15, 0.2) is 0 Å². The Labute approximate surface area is 245 Å². The van der Waals surface area contributed by atoms with E-state index in [9.17, 15) is 37.0 Å². The van der Waals surface area contributed by atoms with Crippen LogP contribution in [0, 0.1) is 12.7 Å². The number of likely N-dealkylation sites (N-methyl/N-ethyl adjacent to an activating group) is 1. The zero-order valence-corrected chi connectivity index (χ0v) is 23.9. The highest BCUT2D eigenvalue weighted by molar-refractivity contribution is 6.03. The second kappa shape index (κ2) is 12.7. The molecule has 8 nitrogen and oxygen atoms in total. The zero-order chi connectivity index (χ0) is 31.6. The van der Waals surface area contributed by atoms with Crippen LogP contribution in [0.25, 0.3) is 11.1 Å². The molecule has 3 aromatic rings. The van der Waals surface area contributed by atoms with E-state index in [-0.39, 0.29) is 24.8 Å². The number of aliphatic hydroxyl groups is 2. The number of carbonyl (C=O) groups excluding carboxylic acids is 1. The van der Waals surface area contributed by atoms with Crippen molar-refractivity contribution in [2.24, 2.45) is 0 Å². The second-order valence-electron chi connectivity index (χ2n) is 10.8. The molecule has 4 rings (SSSR count). The first-order valence-corrected chi connectivity index (χ1v) is 13.4. The third-order valence-electron chi connectivity index (χ3n) is 7.50. The molecule has 0 spiro atoms. The number of benzene rings is 2. The van der Waals surface area contributed by atoms with Gasteiger partial charge >= 0.3 is 13.2 Å². The minimum Gasteiger partial charge on any atom is -0.435 e. The van der Waals surface area contributed by atoms with Crippen LogP contribution in [-0.4, -0.2) is 66.7 Å². The van der Waals surface area contributed by atoms with Gasteiger partial charge in [-0.05, 0) is 74.2 Å². The average molecular weight is 610 g/mol. The molecule has 1 aromatic heterocycles. The molecule has 0 aliphatic carbocycles. The molecule has 2 heterocycles. The van der Waals surface area contributed by atoms with Crippen molar-refractivity contribution >= 4 is 17.4 Å². The molecular weight excluding hydrogens is 577 g/mol. The molecule has 232 valence electrons. The van der Waals surface area contributed by atoms with Crippen LogP contribution in [0.4, 0.5) is 33.5 Å². The van der Waals surface area contributed by atoms with Gasteiger partial charge in [0.1, 0.15) is 23.1 Å². The van der Waals surface area contributed by atoms with E-state index >= 15 is 0 Å². The Bertz CT molecular complexity index is 1440. The maximum Gasteiger partial charge on any atom is 0.387 e. The summed E-state index contributed by atoms with van der Waals surface area (Å²) in [5.74, 6) is -1.54. The van der Waals surface area contributed by atoms with Crippen LogP contribution in [0.2, 0.25) is 0 Å². The summed E-state index contributed by atoms with van der Waals surface area (Å²) in [4.78, 5) is 21.6. The summed E-state index contributed by atoms with van der Waals surface area (Å²) in [5.41, 5.74) is 0.524. The SMILES string of the molecule is Cc1cc(F)ccc1-c1cc(N2C[C@H](O)C[C@H]2CO)ncc1N(C)C(=O)C(C)(C)c1cc(OC(F)F)cc(OC(F)F)c1. The van der Waals surface area contributed by atoms with Gasteiger partial charge in [-0.3, -0.25) is 4.79 Å². The molecular formula is C30H32F5N3O5. The number of aryl methyl sites for hydroxylation is 1. The van der Waals surface area contributed by atoms with Crippen molar-refractivity contribution in [3.63, 3.8) is 0 Å². The molecule has 0 unspecified atom stereocenters. The van der Waals surface area contributed by atoms with Crippen LogP contribution < -0.4 is 19.3 Å². The van der Waals surface area contributed by atoms with Crippen molar-refractivity contribution in [1.29, 1.82) is 0 Å². The van der Waals surface area contributed by atoms with Crippen LogP contribution in [0.15, 0.2) is 48.7 Å². The predicted molar refractivity (Wildman–Crippen MR) is 149 cm³/mol. The van der Waals surface area contributed by atoms with Crippen LogP contribution in [0.1, 0.15) is 31.4 Å². The number of β-amino-alcohol motifs (C(OH)–C–C–N with tert-alkyl or cyclic N) is 1. The smallest absolute Gasteiger partial charge is 0.387 e. The Kier molecular flexibility index (Phi) is 9.45. The topological polar surface area (TPSA) is 95.4 Å². The number of carbonyl (C=O) groups is 1. The van der Waals surface area contributed by atoms with Gasteiger partial charge in [0, 0.05) is 25.2 Å². The summed E-state index contributed by atoms with van der Waals surface area (Å²) < 4.78 is 74.8. The van der Waals surface area contributed by atoms with Gasteiger partial charge in [0.2, 0.25) is 5.91 Å². The lowest BCUT2D eigenvalue weighted by Crippen LogP contribution is -2.42. The molecule has 0 radical (unpaired) electrons. The van der Waals surface area contributed by atoms with Gasteiger partial charge in [-0.25, -0.2) is 9.37 Å². The Morgan fingerprint density at radius 1 is 1.07 bits per heavy atom. The maximum atomic E-state index is 14.0. The number of hydrogen-bond donors (Lipinski definition) is 2. The summed E-state index contributed by atoms with van der Waals surface area (Å²) >= 11 is 0. The maximum absolute atomic E-state index is 14.0. The lowest BCUT2D eigenvalue weighted by Gasteiger charge is -2.32. The molecule has 13 heteroatoms. The first-order valence-electron chi connectivity index (χ1n) is 13.4. The van der Waals surface area contributed by atoms with Crippen molar-refractivity contribution in [3.8, 4) is 22.6 Å². The fourth-order valence-electron chi connectivity index (χ4n) is 5.28. The molecule has 0 saturated carbocycles. The number of amides is 1. The first-order chi connectivity index (χ1) is 20.2. The number of ether oxygens (including phenoxy) is 2. The van der Waals surface area contributed by atoms with Crippen molar-refractivity contribution in [1.82, 2.24) is 4.98 Å². The molecule has 1 amide bonds. The normalized spacial score (nSPS) is 17.1. The molecule has 0 bridgehead atoms. The number of aliphatic hydroxyl groups excluding tert-OH is 2. The van der Waals surface area contributed by atoms with Gasteiger partial charge in [0.25, 0.3) is 0 Å². The average Bonchev–Trinajstić information content (AvgIpc) is 3.31. The Morgan fingerprint density at radius 3 is 2.26 bits per heavy atom. The van der Waals surface area contributed by atoms with Gasteiger partial charge in [-0.2, -0.15) is 17.6 Å². The fourth-order valence-corrected chi connectivity index (χ4v) is 5.28. The van der Waals surface area contributed by atoms with E-state index in [4.69, 9.17) is 0 Å². The largest absolute Gasteiger partial charge is 0.435 e. The monoisotopic (exact) mass is 609 g/mol. The minimum absolute atomic E-state index is 0.0686. The summed E-state index contributed by atoms with van der Waals surface area (Å²) in [5, 5.41) is 20.0. The molecule has 1 aliphatic rings. The molecule has 1 saturated heterocycles. The Morgan fingerprint density at radius 2 is 1.70 bits per heavy atom. The van der Waals surface area contributed by atoms with E-state index < -0.39 is 48.0 Å². The van der Waals surface area contributed by atoms with E-state index in [0.29, 0.717) is 34.6 Å². The van der Waals surface area contributed by atoms with Gasteiger partial charge in [0.05, 0.1) is 36.1 Å². The third-order valence-corrected chi connectivity index (χ3v) is 7.50. The van der Waals surface area contributed by atoms with Crippen molar-refractivity contribution in [3.05, 3.63) is 65.6 Å². The first kappa shape index (κ1) is 32.0. The molecule has 2 aromatic carbocycles. The van der Waals surface area contributed by atoms with Gasteiger partial charge < -0.3 is 29.5 Å². The molecule has 43 heavy (non-hydrogen) atoms. The minimum atomic E-state index is -3.25. The van der Waals surface area contributed by atoms with Crippen LogP contribution in [0.5, 0.6) is 11.5 Å². The Hall–Kier alpha value is -3.97. The summed E-state index contributed by atoms with van der Waals surface area (Å²) in [6.07, 6.45) is 1.09. The second-order valence-corrected chi connectivity index (χ2v) is 10.8. The number of alkyl halides is 4. The lowest BCUT2D eigenvalue weighted by atomic mass is 9.82. The van der Waals surface area contributed by atoms with Crippen molar-refractivity contribution < 1.29 is 46.4 Å². The lowest BCUT2D eigenvalue weighted by molar-refractivity contribution is -0.122. The summed E-state index contributed by atoms with van der Waals surface area (Å²) in [7, 11) is 1.47. The number of anilines is 2. The van der Waals surface area contributed by atoms with Crippen molar-refractivity contribution in [2.45, 2.75) is 58.0 Å². The molecule has 2 atom stereocenters. The van der Waals surface area contributed by atoms with Gasteiger partial charge in [-0.15, -0.1) is 0 Å². The highest BCUT2D eigenvalue weighted by Gasteiger charge is 2.36. The number of pyridine rings is 1. The predicted octanol–water partition coefficient (Wildman–Crippen LogP) is 5.27. The van der Waals surface area contributed by atoms with Crippen LogP contribution in [-0.2, 0) is 10.2 Å². The summed E-state index contributed by atoms with van der Waals surface area (Å²) in [6.45, 7) is -1.81.